The summed E-state index contributed by atoms with van der Waals surface area (Å²) in [5.74, 6) is 0. The molecule has 0 aliphatic heterocycles. The molecule has 2 rings (SSSR count). The molecular weight excluding hydrogens is 235 g/mol. The zero-order valence-electron chi connectivity index (χ0n) is 11.5. The van der Waals surface area contributed by atoms with Crippen molar-refractivity contribution in [3.8, 4) is 11.3 Å². The lowest BCUT2D eigenvalue weighted by Crippen LogP contribution is -2.48. The van der Waals surface area contributed by atoms with Crippen LogP contribution >= 0.6 is 0 Å². The molecule has 1 aromatic carbocycles. The maximum atomic E-state index is 6.10. The Kier molecular flexibility index (Phi) is 3.99. The predicted octanol–water partition coefficient (Wildman–Crippen LogP) is -3.87. The van der Waals surface area contributed by atoms with Gasteiger partial charge in [-0.2, -0.15) is 0 Å². The molecule has 0 aliphatic rings. The Hall–Kier alpha value is -1.24. The van der Waals surface area contributed by atoms with Crippen molar-refractivity contribution in [1.29, 1.82) is 0 Å². The molecule has 0 aliphatic carbocycles. The molecule has 1 aromatic heterocycles. The van der Waals surface area contributed by atoms with Crippen LogP contribution in [-0.4, -0.2) is 52.1 Å². The molecular formula is C13H7B6N. The summed E-state index contributed by atoms with van der Waals surface area (Å²) in [6.45, 7) is 3.72. The van der Waals surface area contributed by atoms with E-state index in [1.165, 1.54) is 0 Å². The van der Waals surface area contributed by atoms with E-state index in [1.807, 2.05) is 13.8 Å². The van der Waals surface area contributed by atoms with Gasteiger partial charge in [0.2, 0.25) is 0 Å². The summed E-state index contributed by atoms with van der Waals surface area (Å²) >= 11 is 0. The van der Waals surface area contributed by atoms with E-state index in [-0.39, 0.29) is 10.9 Å². The minimum absolute atomic E-state index is 0.220. The Morgan fingerprint density at radius 1 is 0.750 bits per heavy atom. The standard InChI is InChI=1S/C13H7B6N/c1-4-5(2)13(19)20-12(8(4)15)6-3-7(14)10(17)11(18)9(6)16/h3H,1-2H3. The maximum Gasteiger partial charge on any atom is 0.142 e. The van der Waals surface area contributed by atoms with Crippen molar-refractivity contribution in [3.05, 3.63) is 17.2 Å². The first-order chi connectivity index (χ1) is 9.25. The summed E-state index contributed by atoms with van der Waals surface area (Å²) in [5.41, 5.74) is 4.64. The first kappa shape index (κ1) is 15.2. The monoisotopic (exact) mass is 243 g/mol. The minimum Gasteiger partial charge on any atom is -0.265 e. The molecule has 0 bridgehead atoms. The number of hydrogen-bond donors (Lipinski definition) is 0. The molecule has 0 atom stereocenters. The first-order valence-corrected chi connectivity index (χ1v) is 6.01. The number of hydrogen-bond acceptors (Lipinski definition) is 1. The van der Waals surface area contributed by atoms with Crippen LogP contribution in [0.2, 0.25) is 0 Å². The van der Waals surface area contributed by atoms with Crippen molar-refractivity contribution in [3.63, 3.8) is 0 Å². The normalized spacial score (nSPS) is 10.7. The molecule has 0 spiro atoms. The van der Waals surface area contributed by atoms with Crippen molar-refractivity contribution in [2.75, 3.05) is 0 Å². The molecule has 2 aromatic rings. The van der Waals surface area contributed by atoms with Crippen LogP contribution in [0.5, 0.6) is 0 Å². The SMILES string of the molecule is [B]c1cc(-c2nc([B])c(C)c(C)c2[B])c([B])c([B])c1[B]. The molecule has 1 nitrogen and oxygen atoms in total. The first-order valence-electron chi connectivity index (χ1n) is 6.01. The lowest BCUT2D eigenvalue weighted by Gasteiger charge is -2.20. The lowest BCUT2D eigenvalue weighted by atomic mass is 9.64. The molecule has 0 saturated heterocycles. The van der Waals surface area contributed by atoms with Gasteiger partial charge in [0, 0.05) is 0 Å². The van der Waals surface area contributed by atoms with Crippen LogP contribution in [0, 0.1) is 13.8 Å². The highest BCUT2D eigenvalue weighted by molar-refractivity contribution is 6.63. The van der Waals surface area contributed by atoms with Gasteiger partial charge in [0.1, 0.15) is 47.1 Å². The van der Waals surface area contributed by atoms with Crippen LogP contribution in [0.15, 0.2) is 6.07 Å². The van der Waals surface area contributed by atoms with Gasteiger partial charge in [-0.1, -0.05) is 22.6 Å². The Labute approximate surface area is 127 Å². The van der Waals surface area contributed by atoms with Crippen molar-refractivity contribution < 1.29 is 0 Å². The second-order valence-electron chi connectivity index (χ2n) is 4.76. The summed E-state index contributed by atoms with van der Waals surface area (Å²) in [5, 5.41) is 0. The van der Waals surface area contributed by atoms with E-state index in [0.29, 0.717) is 33.2 Å². The molecule has 0 N–H and O–H groups in total. The summed E-state index contributed by atoms with van der Waals surface area (Å²) < 4.78 is 0. The Morgan fingerprint density at radius 3 is 1.95 bits per heavy atom. The molecule has 12 radical (unpaired) electrons. The van der Waals surface area contributed by atoms with Crippen LogP contribution in [0.3, 0.4) is 0 Å². The molecule has 82 valence electrons. The molecule has 0 fully saturated rings. The molecule has 0 amide bonds. The van der Waals surface area contributed by atoms with E-state index in [4.69, 9.17) is 47.1 Å². The molecule has 1 heterocycles. The maximum absolute atomic E-state index is 6.10. The van der Waals surface area contributed by atoms with Gasteiger partial charge in [-0.3, -0.25) is 4.98 Å². The van der Waals surface area contributed by atoms with Gasteiger partial charge in [-0.05, 0) is 30.6 Å². The van der Waals surface area contributed by atoms with Crippen molar-refractivity contribution in [2.24, 2.45) is 0 Å². The average Bonchev–Trinajstić information content (AvgIpc) is 2.42. The minimum atomic E-state index is 0.220. The van der Waals surface area contributed by atoms with Crippen LogP contribution in [-0.2, 0) is 0 Å². The van der Waals surface area contributed by atoms with Gasteiger partial charge in [0.25, 0.3) is 0 Å². The van der Waals surface area contributed by atoms with Gasteiger partial charge >= 0.3 is 0 Å². The largest absolute Gasteiger partial charge is 0.265 e. The fraction of sp³-hybridized carbons (Fsp3) is 0.154. The highest BCUT2D eigenvalue weighted by atomic mass is 14.7. The zero-order chi connectivity index (χ0) is 15.2. The molecule has 7 heteroatoms. The van der Waals surface area contributed by atoms with Crippen LogP contribution < -0.4 is 32.9 Å². The van der Waals surface area contributed by atoms with E-state index in [0.717, 1.165) is 11.1 Å². The van der Waals surface area contributed by atoms with Crippen LogP contribution in [0.4, 0.5) is 0 Å². The van der Waals surface area contributed by atoms with Crippen molar-refractivity contribution in [2.45, 2.75) is 13.8 Å². The highest BCUT2D eigenvalue weighted by Crippen LogP contribution is 2.11. The van der Waals surface area contributed by atoms with Gasteiger partial charge in [0.15, 0.2) is 0 Å². The van der Waals surface area contributed by atoms with Gasteiger partial charge in [-0.15, -0.1) is 16.4 Å². The number of pyridine rings is 1. The number of benzene rings is 1. The summed E-state index contributed by atoms with van der Waals surface area (Å²) in [6, 6.07) is 1.61. The van der Waals surface area contributed by atoms with E-state index in [2.05, 4.69) is 4.98 Å². The van der Waals surface area contributed by atoms with Crippen LogP contribution in [0.1, 0.15) is 11.1 Å². The van der Waals surface area contributed by atoms with E-state index < -0.39 is 0 Å². The van der Waals surface area contributed by atoms with Gasteiger partial charge < -0.3 is 0 Å². The Bertz CT molecular complexity index is 649. The second kappa shape index (κ2) is 5.27. The number of aromatic nitrogens is 1. The van der Waals surface area contributed by atoms with Gasteiger partial charge in [-0.25, -0.2) is 0 Å². The predicted molar refractivity (Wildman–Crippen MR) is 91.5 cm³/mol. The molecule has 0 unspecified atom stereocenters. The summed E-state index contributed by atoms with van der Waals surface area (Å²) in [7, 11) is 35.4. The smallest absolute Gasteiger partial charge is 0.142 e. The highest BCUT2D eigenvalue weighted by Gasteiger charge is 2.13. The fourth-order valence-electron chi connectivity index (χ4n) is 1.99. The summed E-state index contributed by atoms with van der Waals surface area (Å²) in [6.07, 6.45) is 0. The average molecular weight is 242 g/mol. The number of rotatable bonds is 1. The lowest BCUT2D eigenvalue weighted by molar-refractivity contribution is 1.29. The quantitative estimate of drug-likeness (QED) is 0.466. The van der Waals surface area contributed by atoms with Crippen molar-refractivity contribution in [1.82, 2.24) is 4.98 Å². The molecule has 20 heavy (non-hydrogen) atoms. The second-order valence-corrected chi connectivity index (χ2v) is 4.76. The topological polar surface area (TPSA) is 12.9 Å². The fourth-order valence-corrected chi connectivity index (χ4v) is 1.99. The van der Waals surface area contributed by atoms with Gasteiger partial charge in [0.05, 0.1) is 5.69 Å². The summed E-state index contributed by atoms with van der Waals surface area (Å²) in [4.78, 5) is 4.30. The van der Waals surface area contributed by atoms with E-state index in [1.54, 1.807) is 6.07 Å². The number of nitrogens with zero attached hydrogens (tertiary/aromatic N) is 1. The molecule has 0 saturated carbocycles. The third kappa shape index (κ3) is 2.28. The Balaban J connectivity index is 2.83. The third-order valence-electron chi connectivity index (χ3n) is 3.57. The van der Waals surface area contributed by atoms with E-state index in [9.17, 15) is 0 Å². The Morgan fingerprint density at radius 2 is 1.35 bits per heavy atom. The zero-order valence-corrected chi connectivity index (χ0v) is 11.5. The third-order valence-corrected chi connectivity index (χ3v) is 3.57. The van der Waals surface area contributed by atoms with Crippen molar-refractivity contribution >= 4 is 80.0 Å². The van der Waals surface area contributed by atoms with E-state index >= 15 is 0 Å². The van der Waals surface area contributed by atoms with Crippen LogP contribution in [0.25, 0.3) is 11.3 Å².